The van der Waals surface area contributed by atoms with E-state index in [-0.39, 0.29) is 18.6 Å². The van der Waals surface area contributed by atoms with Crippen molar-refractivity contribution >= 4 is 17.6 Å². The van der Waals surface area contributed by atoms with Crippen LogP contribution in [0.3, 0.4) is 0 Å². The number of nitriles is 1. The van der Waals surface area contributed by atoms with Gasteiger partial charge in [-0.05, 0) is 55.7 Å². The standard InChI is InChI=1S/C20H18N2O3/c1-14-6-9-16-4-2-3-5-18(16)22(14)19(23)13-25-20(24)17-10-7-15(12-21)8-11-17/h2-5,7-8,10-11,14H,6,9,13H2,1H3. The van der Waals surface area contributed by atoms with Crippen molar-refractivity contribution in [1.29, 1.82) is 5.26 Å². The van der Waals surface area contributed by atoms with Gasteiger partial charge in [0, 0.05) is 11.7 Å². The Hall–Kier alpha value is -3.13. The lowest BCUT2D eigenvalue weighted by Crippen LogP contribution is -2.44. The molecule has 0 fully saturated rings. The summed E-state index contributed by atoms with van der Waals surface area (Å²) in [4.78, 5) is 26.4. The maximum atomic E-state index is 12.6. The highest BCUT2D eigenvalue weighted by Gasteiger charge is 2.28. The Labute approximate surface area is 146 Å². The van der Waals surface area contributed by atoms with Crippen molar-refractivity contribution in [3.05, 3.63) is 65.2 Å². The normalized spacial score (nSPS) is 15.8. The molecule has 0 bridgehead atoms. The average Bonchev–Trinajstić information content (AvgIpc) is 2.65. The zero-order valence-corrected chi connectivity index (χ0v) is 13.9. The first-order chi connectivity index (χ1) is 12.1. The largest absolute Gasteiger partial charge is 0.452 e. The monoisotopic (exact) mass is 334 g/mol. The van der Waals surface area contributed by atoms with Crippen molar-refractivity contribution < 1.29 is 14.3 Å². The van der Waals surface area contributed by atoms with Crippen LogP contribution in [0.5, 0.6) is 0 Å². The molecular formula is C20H18N2O3. The smallest absolute Gasteiger partial charge is 0.338 e. The third-order valence-corrected chi connectivity index (χ3v) is 4.37. The van der Waals surface area contributed by atoms with Gasteiger partial charge in [-0.1, -0.05) is 18.2 Å². The van der Waals surface area contributed by atoms with Crippen molar-refractivity contribution in [2.24, 2.45) is 0 Å². The summed E-state index contributed by atoms with van der Waals surface area (Å²) in [6.07, 6.45) is 1.82. The maximum Gasteiger partial charge on any atom is 0.338 e. The number of nitrogens with zero attached hydrogens (tertiary/aromatic N) is 2. The lowest BCUT2D eigenvalue weighted by Gasteiger charge is -2.35. The zero-order valence-electron chi connectivity index (χ0n) is 13.9. The minimum Gasteiger partial charge on any atom is -0.452 e. The molecule has 1 aliphatic rings. The molecule has 0 N–H and O–H groups in total. The highest BCUT2D eigenvalue weighted by molar-refractivity contribution is 5.98. The van der Waals surface area contributed by atoms with E-state index in [1.54, 1.807) is 17.0 Å². The zero-order chi connectivity index (χ0) is 17.8. The number of aryl methyl sites for hydroxylation is 1. The number of para-hydroxylation sites is 1. The van der Waals surface area contributed by atoms with Gasteiger partial charge in [0.2, 0.25) is 0 Å². The highest BCUT2D eigenvalue weighted by Crippen LogP contribution is 2.30. The first kappa shape index (κ1) is 16.7. The molecule has 25 heavy (non-hydrogen) atoms. The fraction of sp³-hybridized carbons (Fsp3) is 0.250. The summed E-state index contributed by atoms with van der Waals surface area (Å²) in [6, 6.07) is 16.0. The van der Waals surface area contributed by atoms with E-state index < -0.39 is 5.97 Å². The van der Waals surface area contributed by atoms with Gasteiger partial charge in [0.25, 0.3) is 5.91 Å². The Kier molecular flexibility index (Phi) is 4.80. The number of hydrogen-bond donors (Lipinski definition) is 0. The second-order valence-electron chi connectivity index (χ2n) is 6.05. The number of rotatable bonds is 3. The molecule has 0 aliphatic carbocycles. The van der Waals surface area contributed by atoms with Gasteiger partial charge in [0.1, 0.15) is 0 Å². The SMILES string of the molecule is CC1CCc2ccccc2N1C(=O)COC(=O)c1ccc(C#N)cc1. The Balaban J connectivity index is 1.68. The molecule has 1 amide bonds. The predicted octanol–water partition coefficient (Wildman–Crippen LogP) is 3.08. The van der Waals surface area contributed by atoms with Crippen LogP contribution in [0.2, 0.25) is 0 Å². The molecule has 1 atom stereocenters. The predicted molar refractivity (Wildman–Crippen MR) is 93.2 cm³/mol. The Bertz CT molecular complexity index is 837. The van der Waals surface area contributed by atoms with E-state index in [9.17, 15) is 9.59 Å². The fourth-order valence-electron chi connectivity index (χ4n) is 3.03. The molecule has 0 aromatic heterocycles. The van der Waals surface area contributed by atoms with Crippen LogP contribution in [0.1, 0.15) is 34.8 Å². The van der Waals surface area contributed by atoms with Gasteiger partial charge in [-0.3, -0.25) is 4.79 Å². The Morgan fingerprint density at radius 3 is 2.64 bits per heavy atom. The molecule has 0 radical (unpaired) electrons. The number of esters is 1. The summed E-state index contributed by atoms with van der Waals surface area (Å²) < 4.78 is 5.17. The number of amides is 1. The molecule has 0 spiro atoms. The van der Waals surface area contributed by atoms with Crippen molar-refractivity contribution in [2.45, 2.75) is 25.8 Å². The second kappa shape index (κ2) is 7.18. The van der Waals surface area contributed by atoms with E-state index >= 15 is 0 Å². The molecule has 5 nitrogen and oxygen atoms in total. The molecule has 2 aromatic rings. The lowest BCUT2D eigenvalue weighted by molar-refractivity contribution is -0.122. The van der Waals surface area contributed by atoms with Crippen LogP contribution in [0.4, 0.5) is 5.69 Å². The van der Waals surface area contributed by atoms with Crippen LogP contribution < -0.4 is 4.90 Å². The van der Waals surface area contributed by atoms with E-state index in [4.69, 9.17) is 10.00 Å². The second-order valence-corrected chi connectivity index (χ2v) is 6.05. The molecule has 0 saturated carbocycles. The van der Waals surface area contributed by atoms with Gasteiger partial charge in [0.15, 0.2) is 6.61 Å². The summed E-state index contributed by atoms with van der Waals surface area (Å²) in [5, 5.41) is 8.78. The summed E-state index contributed by atoms with van der Waals surface area (Å²) in [7, 11) is 0. The van der Waals surface area contributed by atoms with Crippen LogP contribution in [-0.2, 0) is 16.0 Å². The molecule has 126 valence electrons. The first-order valence-electron chi connectivity index (χ1n) is 8.17. The topological polar surface area (TPSA) is 70.4 Å². The summed E-state index contributed by atoms with van der Waals surface area (Å²) in [5.74, 6) is -0.808. The van der Waals surface area contributed by atoms with E-state index in [0.717, 1.165) is 24.1 Å². The molecule has 2 aromatic carbocycles. The van der Waals surface area contributed by atoms with Crippen LogP contribution in [0, 0.1) is 11.3 Å². The van der Waals surface area contributed by atoms with E-state index in [1.807, 2.05) is 37.3 Å². The molecule has 0 saturated heterocycles. The maximum absolute atomic E-state index is 12.6. The molecule has 1 aliphatic heterocycles. The Morgan fingerprint density at radius 1 is 1.20 bits per heavy atom. The lowest BCUT2D eigenvalue weighted by atomic mass is 9.96. The van der Waals surface area contributed by atoms with E-state index in [2.05, 4.69) is 0 Å². The van der Waals surface area contributed by atoms with Gasteiger partial charge in [-0.25, -0.2) is 4.79 Å². The third kappa shape index (κ3) is 3.53. The minimum atomic E-state index is -0.573. The van der Waals surface area contributed by atoms with Crippen molar-refractivity contribution in [2.75, 3.05) is 11.5 Å². The fourth-order valence-corrected chi connectivity index (χ4v) is 3.03. The van der Waals surface area contributed by atoms with E-state index in [1.165, 1.54) is 12.1 Å². The highest BCUT2D eigenvalue weighted by atomic mass is 16.5. The average molecular weight is 334 g/mol. The van der Waals surface area contributed by atoms with Crippen molar-refractivity contribution in [1.82, 2.24) is 0 Å². The summed E-state index contributed by atoms with van der Waals surface area (Å²) >= 11 is 0. The molecule has 1 heterocycles. The van der Waals surface area contributed by atoms with Gasteiger partial charge >= 0.3 is 5.97 Å². The van der Waals surface area contributed by atoms with Crippen LogP contribution in [0.15, 0.2) is 48.5 Å². The molecular weight excluding hydrogens is 316 g/mol. The summed E-state index contributed by atoms with van der Waals surface area (Å²) in [6.45, 7) is 1.69. The van der Waals surface area contributed by atoms with Crippen LogP contribution in [0.25, 0.3) is 0 Å². The summed E-state index contributed by atoms with van der Waals surface area (Å²) in [5.41, 5.74) is 2.80. The van der Waals surface area contributed by atoms with Crippen LogP contribution >= 0.6 is 0 Å². The third-order valence-electron chi connectivity index (χ3n) is 4.37. The molecule has 1 unspecified atom stereocenters. The van der Waals surface area contributed by atoms with Crippen molar-refractivity contribution in [3.8, 4) is 6.07 Å². The first-order valence-corrected chi connectivity index (χ1v) is 8.17. The Morgan fingerprint density at radius 2 is 1.92 bits per heavy atom. The van der Waals surface area contributed by atoms with Gasteiger partial charge in [-0.2, -0.15) is 5.26 Å². The molecule has 3 rings (SSSR count). The number of hydrogen-bond acceptors (Lipinski definition) is 4. The number of fused-ring (bicyclic) bond motifs is 1. The van der Waals surface area contributed by atoms with Gasteiger partial charge in [-0.15, -0.1) is 0 Å². The quantitative estimate of drug-likeness (QED) is 0.809. The van der Waals surface area contributed by atoms with Gasteiger partial charge in [0.05, 0.1) is 17.2 Å². The number of anilines is 1. The number of ether oxygens (including phenoxy) is 1. The number of benzene rings is 2. The van der Waals surface area contributed by atoms with E-state index in [0.29, 0.717) is 11.1 Å². The molecule has 5 heteroatoms. The van der Waals surface area contributed by atoms with Crippen LogP contribution in [-0.4, -0.2) is 24.5 Å². The number of carbonyl (C=O) groups excluding carboxylic acids is 2. The number of carbonyl (C=O) groups is 2. The van der Waals surface area contributed by atoms with Crippen molar-refractivity contribution in [3.63, 3.8) is 0 Å². The van der Waals surface area contributed by atoms with Gasteiger partial charge < -0.3 is 9.64 Å². The minimum absolute atomic E-state index is 0.0658.